The summed E-state index contributed by atoms with van der Waals surface area (Å²) in [7, 11) is 0. The Hall–Kier alpha value is -2.41. The van der Waals surface area contributed by atoms with Gasteiger partial charge in [-0.25, -0.2) is 4.79 Å². The van der Waals surface area contributed by atoms with Crippen molar-refractivity contribution in [3.05, 3.63) is 35.9 Å². The predicted octanol–water partition coefficient (Wildman–Crippen LogP) is 1.55. The molecule has 4 amide bonds. The van der Waals surface area contributed by atoms with Gasteiger partial charge in [0, 0.05) is 6.54 Å². The molecule has 0 radical (unpaired) electrons. The van der Waals surface area contributed by atoms with E-state index in [1.165, 1.54) is 4.90 Å². The summed E-state index contributed by atoms with van der Waals surface area (Å²) in [6.45, 7) is 6.98. The van der Waals surface area contributed by atoms with Gasteiger partial charge in [-0.2, -0.15) is 0 Å². The first-order valence-corrected chi connectivity index (χ1v) is 8.81. The standard InChI is InChI=1S/C19H25N3O4/c1-19(2,3)15-10-21(9-14(26-15)13-7-5-4-6-8-13)17(24)12-22-11-16(23)20-18(22)25/h4-8,14-15H,9-12H2,1-3H3,(H,20,23,25)/t14-,15+/m0/s1. The molecule has 2 aliphatic rings. The van der Waals surface area contributed by atoms with Gasteiger partial charge in [0.2, 0.25) is 11.8 Å². The van der Waals surface area contributed by atoms with Crippen LogP contribution in [0.2, 0.25) is 0 Å². The number of hydrogen-bond donors (Lipinski definition) is 1. The van der Waals surface area contributed by atoms with Gasteiger partial charge >= 0.3 is 6.03 Å². The van der Waals surface area contributed by atoms with Gasteiger partial charge in [0.25, 0.3) is 0 Å². The highest BCUT2D eigenvalue weighted by Gasteiger charge is 2.38. The second-order valence-corrected chi connectivity index (χ2v) is 7.90. The highest BCUT2D eigenvalue weighted by Crippen LogP contribution is 2.33. The average Bonchev–Trinajstić information content (AvgIpc) is 2.91. The van der Waals surface area contributed by atoms with Crippen molar-refractivity contribution in [2.24, 2.45) is 5.41 Å². The zero-order chi connectivity index (χ0) is 18.9. The van der Waals surface area contributed by atoms with Gasteiger partial charge in [-0.1, -0.05) is 51.1 Å². The van der Waals surface area contributed by atoms with Gasteiger partial charge in [-0.05, 0) is 11.0 Å². The minimum Gasteiger partial charge on any atom is -0.366 e. The van der Waals surface area contributed by atoms with Crippen molar-refractivity contribution < 1.29 is 19.1 Å². The molecule has 0 aliphatic carbocycles. The zero-order valence-corrected chi connectivity index (χ0v) is 15.4. The Kier molecular flexibility index (Phi) is 5.00. The van der Waals surface area contributed by atoms with Crippen LogP contribution in [0.1, 0.15) is 32.4 Å². The lowest BCUT2D eigenvalue weighted by Gasteiger charge is -2.43. The van der Waals surface area contributed by atoms with E-state index in [0.717, 1.165) is 5.56 Å². The van der Waals surface area contributed by atoms with E-state index in [4.69, 9.17) is 4.74 Å². The number of nitrogens with zero attached hydrogens (tertiary/aromatic N) is 2. The molecular weight excluding hydrogens is 334 g/mol. The molecule has 26 heavy (non-hydrogen) atoms. The summed E-state index contributed by atoms with van der Waals surface area (Å²) in [4.78, 5) is 38.8. The summed E-state index contributed by atoms with van der Waals surface area (Å²) < 4.78 is 6.28. The Bertz CT molecular complexity index is 698. The van der Waals surface area contributed by atoms with Crippen molar-refractivity contribution in [1.29, 1.82) is 0 Å². The molecule has 1 aromatic rings. The fourth-order valence-electron chi connectivity index (χ4n) is 3.17. The Morgan fingerprint density at radius 3 is 2.46 bits per heavy atom. The Balaban J connectivity index is 1.75. The largest absolute Gasteiger partial charge is 0.366 e. The second kappa shape index (κ2) is 7.07. The molecule has 0 spiro atoms. The number of rotatable bonds is 3. The molecule has 0 aromatic heterocycles. The van der Waals surface area contributed by atoms with Gasteiger partial charge in [0.05, 0.1) is 12.6 Å². The number of urea groups is 1. The van der Waals surface area contributed by atoms with Crippen molar-refractivity contribution in [3.8, 4) is 0 Å². The summed E-state index contributed by atoms with van der Waals surface area (Å²) in [6.07, 6.45) is -0.341. The number of ether oxygens (including phenoxy) is 1. The van der Waals surface area contributed by atoms with Crippen LogP contribution in [0.25, 0.3) is 0 Å². The average molecular weight is 359 g/mol. The van der Waals surface area contributed by atoms with Gasteiger partial charge in [-0.15, -0.1) is 0 Å². The summed E-state index contributed by atoms with van der Waals surface area (Å²) in [5.41, 5.74) is 0.890. The summed E-state index contributed by atoms with van der Waals surface area (Å²) >= 11 is 0. The lowest BCUT2D eigenvalue weighted by Crippen LogP contribution is -2.53. The third-order valence-corrected chi connectivity index (χ3v) is 4.79. The third-order valence-electron chi connectivity index (χ3n) is 4.79. The van der Waals surface area contributed by atoms with Crippen molar-refractivity contribution in [2.45, 2.75) is 33.0 Å². The fourth-order valence-corrected chi connectivity index (χ4v) is 3.17. The maximum Gasteiger partial charge on any atom is 0.325 e. The van der Waals surface area contributed by atoms with Crippen LogP contribution in [0.15, 0.2) is 30.3 Å². The highest BCUT2D eigenvalue weighted by molar-refractivity contribution is 6.03. The Labute approximate surface area is 153 Å². The molecule has 0 unspecified atom stereocenters. The molecule has 7 heteroatoms. The van der Waals surface area contributed by atoms with Crippen LogP contribution in [0.3, 0.4) is 0 Å². The second-order valence-electron chi connectivity index (χ2n) is 7.90. The molecule has 2 heterocycles. The summed E-state index contributed by atoms with van der Waals surface area (Å²) in [6, 6.07) is 9.32. The minimum atomic E-state index is -0.511. The van der Waals surface area contributed by atoms with Gasteiger partial charge in [0.15, 0.2) is 0 Å². The smallest absolute Gasteiger partial charge is 0.325 e. The van der Waals surface area contributed by atoms with Crippen LogP contribution in [0, 0.1) is 5.41 Å². The molecule has 2 fully saturated rings. The maximum atomic E-state index is 12.8. The topological polar surface area (TPSA) is 79.0 Å². The first-order valence-electron chi connectivity index (χ1n) is 8.81. The van der Waals surface area contributed by atoms with E-state index >= 15 is 0 Å². The van der Waals surface area contributed by atoms with Crippen LogP contribution < -0.4 is 5.32 Å². The first-order chi connectivity index (χ1) is 12.2. The summed E-state index contributed by atoms with van der Waals surface area (Å²) in [5, 5.41) is 2.20. The minimum absolute atomic E-state index is 0.0697. The summed E-state index contributed by atoms with van der Waals surface area (Å²) in [5.74, 6) is -0.548. The number of carbonyl (C=O) groups is 3. The van der Waals surface area contributed by atoms with E-state index in [9.17, 15) is 14.4 Å². The molecule has 2 aliphatic heterocycles. The van der Waals surface area contributed by atoms with Crippen LogP contribution >= 0.6 is 0 Å². The van der Waals surface area contributed by atoms with E-state index in [0.29, 0.717) is 13.1 Å². The number of hydrogen-bond acceptors (Lipinski definition) is 4. The van der Waals surface area contributed by atoms with Gasteiger partial charge in [-0.3, -0.25) is 14.9 Å². The van der Waals surface area contributed by atoms with Crippen LogP contribution in [0.5, 0.6) is 0 Å². The SMILES string of the molecule is CC(C)(C)[C@H]1CN(C(=O)CN2CC(=O)NC2=O)C[C@@H](c2ccccc2)O1. The molecule has 2 saturated heterocycles. The predicted molar refractivity (Wildman–Crippen MR) is 95.2 cm³/mol. The maximum absolute atomic E-state index is 12.8. The van der Waals surface area contributed by atoms with E-state index in [1.807, 2.05) is 30.3 Å². The molecule has 2 atom stereocenters. The number of imide groups is 1. The fraction of sp³-hybridized carbons (Fsp3) is 0.526. The molecule has 7 nitrogen and oxygen atoms in total. The van der Waals surface area contributed by atoms with Crippen LogP contribution in [-0.4, -0.2) is 59.9 Å². The Morgan fingerprint density at radius 2 is 1.88 bits per heavy atom. The van der Waals surface area contributed by atoms with Crippen molar-refractivity contribution in [2.75, 3.05) is 26.2 Å². The molecule has 1 N–H and O–H groups in total. The lowest BCUT2D eigenvalue weighted by molar-refractivity contribution is -0.157. The number of morpholine rings is 1. The molecule has 140 valence electrons. The zero-order valence-electron chi connectivity index (χ0n) is 15.4. The van der Waals surface area contributed by atoms with Crippen LogP contribution in [-0.2, 0) is 14.3 Å². The molecule has 0 saturated carbocycles. The third kappa shape index (κ3) is 4.04. The monoisotopic (exact) mass is 359 g/mol. The molecule has 1 aromatic carbocycles. The van der Waals surface area contributed by atoms with E-state index in [2.05, 4.69) is 26.1 Å². The highest BCUT2D eigenvalue weighted by atomic mass is 16.5. The van der Waals surface area contributed by atoms with E-state index in [-0.39, 0.29) is 42.5 Å². The first kappa shape index (κ1) is 18.4. The number of carbonyl (C=O) groups excluding carboxylic acids is 3. The van der Waals surface area contributed by atoms with Crippen molar-refractivity contribution >= 4 is 17.8 Å². The number of nitrogens with one attached hydrogen (secondary N) is 1. The normalized spacial score (nSPS) is 24.0. The van der Waals surface area contributed by atoms with Crippen molar-refractivity contribution in [3.63, 3.8) is 0 Å². The number of amides is 4. The molecule has 3 rings (SSSR count). The molecule has 0 bridgehead atoms. The van der Waals surface area contributed by atoms with Gasteiger partial charge in [0.1, 0.15) is 19.2 Å². The van der Waals surface area contributed by atoms with Crippen LogP contribution in [0.4, 0.5) is 4.79 Å². The van der Waals surface area contributed by atoms with Gasteiger partial charge < -0.3 is 14.5 Å². The van der Waals surface area contributed by atoms with Crippen molar-refractivity contribution in [1.82, 2.24) is 15.1 Å². The Morgan fingerprint density at radius 1 is 1.19 bits per heavy atom. The molecular formula is C19H25N3O4. The lowest BCUT2D eigenvalue weighted by atomic mass is 9.87. The quantitative estimate of drug-likeness (QED) is 0.831. The number of benzene rings is 1. The van der Waals surface area contributed by atoms with E-state index < -0.39 is 6.03 Å². The van der Waals surface area contributed by atoms with E-state index in [1.54, 1.807) is 4.90 Å².